The summed E-state index contributed by atoms with van der Waals surface area (Å²) in [6, 6.07) is 8.70. The second-order valence-electron chi connectivity index (χ2n) is 8.74. The van der Waals surface area contributed by atoms with Gasteiger partial charge in [0.2, 0.25) is 5.91 Å². The van der Waals surface area contributed by atoms with Crippen molar-refractivity contribution in [3.8, 4) is 5.75 Å². The lowest BCUT2D eigenvalue weighted by Crippen LogP contribution is -2.42. The summed E-state index contributed by atoms with van der Waals surface area (Å²) in [5.41, 5.74) is 7.03. The monoisotopic (exact) mass is 402 g/mol. The Balaban J connectivity index is 1.96. The van der Waals surface area contributed by atoms with E-state index in [1.54, 1.807) is 0 Å². The minimum Gasteiger partial charge on any atom is -0.490 e. The molecule has 1 fully saturated rings. The first kappa shape index (κ1) is 23.7. The van der Waals surface area contributed by atoms with Gasteiger partial charge in [-0.05, 0) is 51.0 Å². The molecule has 0 bridgehead atoms. The standard InChI is InChI=1S/C25H42N2O2/c1-4-6-7-8-13-23(11-5-2)29-24-14-10-9-12-20(24)19-25(28)27(3)22-17-15-21(26)16-18-22/h9-10,12,14,21-23H,4-8,11,13,15-19,26H2,1-3H3/t21-,22-,23?. The molecule has 4 heteroatoms. The number of likely N-dealkylation sites (N-methyl/N-ethyl adjacent to an activating group) is 1. The van der Waals surface area contributed by atoms with E-state index < -0.39 is 0 Å². The first-order chi connectivity index (χ1) is 14.0. The summed E-state index contributed by atoms with van der Waals surface area (Å²) in [4.78, 5) is 14.9. The maximum absolute atomic E-state index is 12.9. The zero-order valence-corrected chi connectivity index (χ0v) is 18.9. The molecule has 1 saturated carbocycles. The highest BCUT2D eigenvalue weighted by Crippen LogP contribution is 2.26. The predicted octanol–water partition coefficient (Wildman–Crippen LogP) is 5.48. The van der Waals surface area contributed by atoms with E-state index in [2.05, 4.69) is 13.8 Å². The van der Waals surface area contributed by atoms with Gasteiger partial charge in [-0.1, -0.05) is 57.7 Å². The molecule has 2 N–H and O–H groups in total. The van der Waals surface area contributed by atoms with E-state index in [9.17, 15) is 4.79 Å². The average Bonchev–Trinajstić information content (AvgIpc) is 2.72. The number of benzene rings is 1. The summed E-state index contributed by atoms with van der Waals surface area (Å²) in [5, 5.41) is 0. The highest BCUT2D eigenvalue weighted by Gasteiger charge is 2.25. The molecule has 0 spiro atoms. The van der Waals surface area contributed by atoms with Crippen LogP contribution in [0.25, 0.3) is 0 Å². The Hall–Kier alpha value is -1.55. The van der Waals surface area contributed by atoms with Gasteiger partial charge in [0, 0.05) is 24.7 Å². The van der Waals surface area contributed by atoms with Gasteiger partial charge in [0.1, 0.15) is 5.75 Å². The summed E-state index contributed by atoms with van der Waals surface area (Å²) >= 11 is 0. The molecule has 0 aliphatic heterocycles. The number of unbranched alkanes of at least 4 members (excludes halogenated alkanes) is 3. The lowest BCUT2D eigenvalue weighted by molar-refractivity contribution is -0.131. The second kappa shape index (κ2) is 12.9. The van der Waals surface area contributed by atoms with Gasteiger partial charge in [0.25, 0.3) is 0 Å². The molecule has 0 radical (unpaired) electrons. The van der Waals surface area contributed by atoms with Gasteiger partial charge in [0.05, 0.1) is 12.5 Å². The van der Waals surface area contributed by atoms with E-state index in [4.69, 9.17) is 10.5 Å². The highest BCUT2D eigenvalue weighted by atomic mass is 16.5. The molecule has 1 aliphatic carbocycles. The van der Waals surface area contributed by atoms with Crippen molar-refractivity contribution in [1.82, 2.24) is 4.90 Å². The number of hydrogen-bond acceptors (Lipinski definition) is 3. The zero-order chi connectivity index (χ0) is 21.1. The number of ether oxygens (including phenoxy) is 1. The second-order valence-corrected chi connectivity index (χ2v) is 8.74. The van der Waals surface area contributed by atoms with E-state index in [1.807, 2.05) is 36.2 Å². The quantitative estimate of drug-likeness (QED) is 0.471. The van der Waals surface area contributed by atoms with E-state index in [1.165, 1.54) is 25.7 Å². The number of carbonyl (C=O) groups is 1. The van der Waals surface area contributed by atoms with Gasteiger partial charge in [-0.25, -0.2) is 0 Å². The van der Waals surface area contributed by atoms with Crippen LogP contribution in [0.3, 0.4) is 0 Å². The van der Waals surface area contributed by atoms with Crippen molar-refractivity contribution in [2.24, 2.45) is 5.73 Å². The lowest BCUT2D eigenvalue weighted by atomic mass is 9.90. The van der Waals surface area contributed by atoms with Gasteiger partial charge in [-0.15, -0.1) is 0 Å². The first-order valence-electron chi connectivity index (χ1n) is 11.8. The minimum absolute atomic E-state index is 0.177. The number of nitrogens with zero attached hydrogens (tertiary/aromatic N) is 1. The van der Waals surface area contributed by atoms with Gasteiger partial charge < -0.3 is 15.4 Å². The van der Waals surface area contributed by atoms with Crippen LogP contribution in [0.4, 0.5) is 0 Å². The SMILES string of the molecule is CCCCCCC(CCC)Oc1ccccc1CC(=O)N(C)[C@H]1CC[C@H](N)CC1. The summed E-state index contributed by atoms with van der Waals surface area (Å²) < 4.78 is 6.42. The smallest absolute Gasteiger partial charge is 0.227 e. The maximum Gasteiger partial charge on any atom is 0.227 e. The Kier molecular flexibility index (Phi) is 10.5. The van der Waals surface area contributed by atoms with Crippen molar-refractivity contribution in [3.63, 3.8) is 0 Å². The van der Waals surface area contributed by atoms with E-state index in [0.717, 1.165) is 56.3 Å². The van der Waals surface area contributed by atoms with Crippen LogP contribution in [-0.2, 0) is 11.2 Å². The highest BCUT2D eigenvalue weighted by molar-refractivity contribution is 5.79. The number of nitrogens with two attached hydrogens (primary N) is 1. The molecule has 0 aromatic heterocycles. The van der Waals surface area contributed by atoms with E-state index >= 15 is 0 Å². The van der Waals surface area contributed by atoms with Crippen LogP contribution < -0.4 is 10.5 Å². The Morgan fingerprint density at radius 1 is 1.07 bits per heavy atom. The third kappa shape index (κ3) is 8.00. The van der Waals surface area contributed by atoms with Crippen molar-refractivity contribution in [2.45, 2.75) is 109 Å². The molecule has 1 aromatic carbocycles. The Bertz CT molecular complexity index is 596. The van der Waals surface area contributed by atoms with Crippen molar-refractivity contribution in [2.75, 3.05) is 7.05 Å². The lowest BCUT2D eigenvalue weighted by Gasteiger charge is -2.33. The molecule has 0 heterocycles. The maximum atomic E-state index is 12.9. The minimum atomic E-state index is 0.177. The third-order valence-electron chi connectivity index (χ3n) is 6.28. The Labute approximate surface area is 178 Å². The molecule has 1 amide bonds. The van der Waals surface area contributed by atoms with Crippen molar-refractivity contribution in [3.05, 3.63) is 29.8 Å². The van der Waals surface area contributed by atoms with Gasteiger partial charge in [-0.3, -0.25) is 4.79 Å². The molecule has 1 unspecified atom stereocenters. The van der Waals surface area contributed by atoms with Crippen LogP contribution in [0.2, 0.25) is 0 Å². The number of amides is 1. The largest absolute Gasteiger partial charge is 0.490 e. The topological polar surface area (TPSA) is 55.6 Å². The molecule has 1 aromatic rings. The Morgan fingerprint density at radius 2 is 1.79 bits per heavy atom. The summed E-state index contributed by atoms with van der Waals surface area (Å²) in [6.45, 7) is 4.45. The summed E-state index contributed by atoms with van der Waals surface area (Å²) in [7, 11) is 1.95. The fraction of sp³-hybridized carbons (Fsp3) is 0.720. The fourth-order valence-electron chi connectivity index (χ4n) is 4.31. The van der Waals surface area contributed by atoms with Crippen LogP contribution in [0, 0.1) is 0 Å². The molecule has 164 valence electrons. The van der Waals surface area contributed by atoms with Crippen molar-refractivity contribution < 1.29 is 9.53 Å². The van der Waals surface area contributed by atoms with E-state index in [0.29, 0.717) is 18.5 Å². The molecule has 2 rings (SSSR count). The summed E-state index contributed by atoms with van der Waals surface area (Å²) in [5.74, 6) is 1.06. The number of carbonyl (C=O) groups excluding carboxylic acids is 1. The van der Waals surface area contributed by atoms with Gasteiger partial charge in [0.15, 0.2) is 0 Å². The predicted molar refractivity (Wildman–Crippen MR) is 121 cm³/mol. The van der Waals surface area contributed by atoms with Crippen LogP contribution in [0.5, 0.6) is 5.75 Å². The van der Waals surface area contributed by atoms with Crippen LogP contribution in [0.1, 0.15) is 90.0 Å². The number of rotatable bonds is 12. The average molecular weight is 403 g/mol. The molecular formula is C25H42N2O2. The molecule has 0 saturated heterocycles. The number of hydrogen-bond donors (Lipinski definition) is 1. The zero-order valence-electron chi connectivity index (χ0n) is 18.9. The molecule has 4 nitrogen and oxygen atoms in total. The summed E-state index contributed by atoms with van der Waals surface area (Å²) in [6.07, 6.45) is 13.0. The first-order valence-corrected chi connectivity index (χ1v) is 11.8. The molecule has 1 aliphatic rings. The number of para-hydroxylation sites is 1. The Morgan fingerprint density at radius 3 is 2.48 bits per heavy atom. The third-order valence-corrected chi connectivity index (χ3v) is 6.28. The normalized spacial score (nSPS) is 20.3. The molecule has 1 atom stereocenters. The van der Waals surface area contributed by atoms with Crippen LogP contribution in [0.15, 0.2) is 24.3 Å². The van der Waals surface area contributed by atoms with E-state index in [-0.39, 0.29) is 12.0 Å². The van der Waals surface area contributed by atoms with Gasteiger partial charge in [-0.2, -0.15) is 0 Å². The molecular weight excluding hydrogens is 360 g/mol. The van der Waals surface area contributed by atoms with Crippen LogP contribution >= 0.6 is 0 Å². The van der Waals surface area contributed by atoms with Crippen molar-refractivity contribution >= 4 is 5.91 Å². The fourth-order valence-corrected chi connectivity index (χ4v) is 4.31. The van der Waals surface area contributed by atoms with Crippen LogP contribution in [-0.4, -0.2) is 36.0 Å². The van der Waals surface area contributed by atoms with Gasteiger partial charge >= 0.3 is 0 Å². The van der Waals surface area contributed by atoms with Crippen molar-refractivity contribution in [1.29, 1.82) is 0 Å². The molecule has 29 heavy (non-hydrogen) atoms.